The van der Waals surface area contributed by atoms with E-state index >= 15 is 0 Å². The Kier molecular flexibility index (Phi) is 8.05. The van der Waals surface area contributed by atoms with Gasteiger partial charge in [0.1, 0.15) is 0 Å². The van der Waals surface area contributed by atoms with E-state index in [2.05, 4.69) is 36.0 Å². The highest BCUT2D eigenvalue weighted by molar-refractivity contribution is 8.93. The largest absolute Gasteiger partial charge is 0.359 e. The second-order valence-electron chi connectivity index (χ2n) is 3.72. The van der Waals surface area contributed by atoms with E-state index in [9.17, 15) is 0 Å². The quantitative estimate of drug-likeness (QED) is 0.679. The standard InChI is InChI=1S/C11H22N2.BrH/c1-3-5-6-7-8-13-10-9-12(4-2)11-13;/h9-10H,3-8,11H2,1-2H3;1H. The molecule has 0 amide bonds. The van der Waals surface area contributed by atoms with E-state index in [4.69, 9.17) is 0 Å². The van der Waals surface area contributed by atoms with Gasteiger partial charge in [-0.1, -0.05) is 26.2 Å². The first kappa shape index (κ1) is 13.8. The Morgan fingerprint density at radius 2 is 1.71 bits per heavy atom. The second-order valence-corrected chi connectivity index (χ2v) is 3.72. The highest BCUT2D eigenvalue weighted by Gasteiger charge is 2.08. The Morgan fingerprint density at radius 3 is 2.29 bits per heavy atom. The summed E-state index contributed by atoms with van der Waals surface area (Å²) in [7, 11) is 0. The van der Waals surface area contributed by atoms with Crippen molar-refractivity contribution in [2.24, 2.45) is 0 Å². The topological polar surface area (TPSA) is 6.48 Å². The number of unbranched alkanes of at least 4 members (excludes halogenated alkanes) is 3. The lowest BCUT2D eigenvalue weighted by Crippen LogP contribution is -2.25. The summed E-state index contributed by atoms with van der Waals surface area (Å²) < 4.78 is 0. The smallest absolute Gasteiger partial charge is 0.0893 e. The van der Waals surface area contributed by atoms with E-state index in [1.54, 1.807) is 0 Å². The molecule has 0 fully saturated rings. The van der Waals surface area contributed by atoms with Crippen LogP contribution in [-0.2, 0) is 0 Å². The molecule has 3 heteroatoms. The second kappa shape index (κ2) is 8.16. The van der Waals surface area contributed by atoms with Gasteiger partial charge in [-0.2, -0.15) is 0 Å². The minimum Gasteiger partial charge on any atom is -0.359 e. The fourth-order valence-corrected chi connectivity index (χ4v) is 1.61. The molecule has 0 saturated carbocycles. The van der Waals surface area contributed by atoms with Gasteiger partial charge in [-0.15, -0.1) is 17.0 Å². The SMILES string of the molecule is Br.CCCCCCN1C=CN(CC)C1. The molecule has 1 rings (SSSR count). The van der Waals surface area contributed by atoms with Crippen molar-refractivity contribution in [1.82, 2.24) is 9.80 Å². The molecule has 0 unspecified atom stereocenters. The maximum absolute atomic E-state index is 2.40. The number of nitrogens with zero attached hydrogens (tertiary/aromatic N) is 2. The van der Waals surface area contributed by atoms with Gasteiger partial charge in [-0.05, 0) is 13.3 Å². The molecule has 0 atom stereocenters. The molecule has 0 radical (unpaired) electrons. The molecule has 2 nitrogen and oxygen atoms in total. The fraction of sp³-hybridized carbons (Fsp3) is 0.818. The molecule has 0 aromatic carbocycles. The van der Waals surface area contributed by atoms with Gasteiger partial charge in [0.2, 0.25) is 0 Å². The molecule has 0 aromatic heterocycles. The highest BCUT2D eigenvalue weighted by atomic mass is 79.9. The minimum atomic E-state index is 0. The summed E-state index contributed by atoms with van der Waals surface area (Å²) in [5.74, 6) is 0. The summed E-state index contributed by atoms with van der Waals surface area (Å²) in [4.78, 5) is 4.74. The third-order valence-corrected chi connectivity index (χ3v) is 2.56. The predicted molar refractivity (Wildman–Crippen MR) is 67.6 cm³/mol. The molecular formula is C11H23BrN2. The van der Waals surface area contributed by atoms with Crippen LogP contribution in [-0.4, -0.2) is 29.6 Å². The zero-order chi connectivity index (χ0) is 9.52. The maximum atomic E-state index is 2.40. The lowest BCUT2D eigenvalue weighted by molar-refractivity contribution is 0.269. The van der Waals surface area contributed by atoms with Gasteiger partial charge in [0.25, 0.3) is 0 Å². The summed E-state index contributed by atoms with van der Waals surface area (Å²) in [6, 6.07) is 0. The molecule has 0 aromatic rings. The van der Waals surface area contributed by atoms with Crippen LogP contribution in [0.2, 0.25) is 0 Å². The summed E-state index contributed by atoms with van der Waals surface area (Å²) in [5.41, 5.74) is 0. The molecule has 0 spiro atoms. The minimum absolute atomic E-state index is 0. The van der Waals surface area contributed by atoms with Crippen LogP contribution in [0.1, 0.15) is 39.5 Å². The Labute approximate surface area is 98.7 Å². The van der Waals surface area contributed by atoms with Crippen LogP contribution < -0.4 is 0 Å². The predicted octanol–water partition coefficient (Wildman–Crippen LogP) is 3.21. The first-order chi connectivity index (χ1) is 6.36. The van der Waals surface area contributed by atoms with Gasteiger partial charge in [-0.3, -0.25) is 0 Å². The maximum Gasteiger partial charge on any atom is 0.0893 e. The molecule has 84 valence electrons. The molecule has 1 aliphatic heterocycles. The van der Waals surface area contributed by atoms with Crippen LogP contribution in [0.4, 0.5) is 0 Å². The van der Waals surface area contributed by atoms with E-state index in [0.717, 1.165) is 13.2 Å². The van der Waals surface area contributed by atoms with Crippen molar-refractivity contribution in [3.05, 3.63) is 12.4 Å². The molecule has 0 N–H and O–H groups in total. The molecule has 1 aliphatic rings. The van der Waals surface area contributed by atoms with Crippen molar-refractivity contribution in [3.63, 3.8) is 0 Å². The first-order valence-electron chi connectivity index (χ1n) is 5.53. The number of halogens is 1. The van der Waals surface area contributed by atoms with Crippen LogP contribution in [0, 0.1) is 0 Å². The fourth-order valence-electron chi connectivity index (χ4n) is 1.61. The average molecular weight is 263 g/mol. The van der Waals surface area contributed by atoms with Crippen LogP contribution in [0.25, 0.3) is 0 Å². The van der Waals surface area contributed by atoms with Gasteiger partial charge in [0.05, 0.1) is 6.67 Å². The van der Waals surface area contributed by atoms with E-state index in [1.165, 1.54) is 32.2 Å². The average Bonchev–Trinajstić information content (AvgIpc) is 2.60. The molecule has 1 heterocycles. The molecule has 0 bridgehead atoms. The van der Waals surface area contributed by atoms with Crippen LogP contribution >= 0.6 is 17.0 Å². The van der Waals surface area contributed by atoms with Crippen molar-refractivity contribution in [2.45, 2.75) is 39.5 Å². The Balaban J connectivity index is 0.00000169. The van der Waals surface area contributed by atoms with Crippen molar-refractivity contribution < 1.29 is 0 Å². The van der Waals surface area contributed by atoms with E-state index in [0.29, 0.717) is 0 Å². The Morgan fingerprint density at radius 1 is 1.00 bits per heavy atom. The van der Waals surface area contributed by atoms with Crippen molar-refractivity contribution >= 4 is 17.0 Å². The number of hydrogen-bond donors (Lipinski definition) is 0. The molecule has 0 saturated heterocycles. The van der Waals surface area contributed by atoms with E-state index < -0.39 is 0 Å². The van der Waals surface area contributed by atoms with Crippen molar-refractivity contribution in [2.75, 3.05) is 19.8 Å². The zero-order valence-corrected chi connectivity index (χ0v) is 11.1. The first-order valence-corrected chi connectivity index (χ1v) is 5.53. The van der Waals surface area contributed by atoms with Crippen molar-refractivity contribution in [3.8, 4) is 0 Å². The zero-order valence-electron chi connectivity index (χ0n) is 9.41. The van der Waals surface area contributed by atoms with Gasteiger partial charge >= 0.3 is 0 Å². The monoisotopic (exact) mass is 262 g/mol. The van der Waals surface area contributed by atoms with Crippen LogP contribution in [0.15, 0.2) is 12.4 Å². The molecular weight excluding hydrogens is 240 g/mol. The van der Waals surface area contributed by atoms with Crippen LogP contribution in [0.3, 0.4) is 0 Å². The normalized spacial score (nSPS) is 14.7. The molecule has 14 heavy (non-hydrogen) atoms. The number of hydrogen-bond acceptors (Lipinski definition) is 2. The summed E-state index contributed by atoms with van der Waals surface area (Å²) in [5, 5.41) is 0. The van der Waals surface area contributed by atoms with Crippen molar-refractivity contribution in [1.29, 1.82) is 0 Å². The van der Waals surface area contributed by atoms with Gasteiger partial charge < -0.3 is 9.80 Å². The number of rotatable bonds is 6. The summed E-state index contributed by atoms with van der Waals surface area (Å²) >= 11 is 0. The Bertz CT molecular complexity index is 159. The summed E-state index contributed by atoms with van der Waals surface area (Å²) in [6.45, 7) is 7.91. The lowest BCUT2D eigenvalue weighted by Gasteiger charge is -2.19. The van der Waals surface area contributed by atoms with Gasteiger partial charge in [0, 0.05) is 25.5 Å². The summed E-state index contributed by atoms with van der Waals surface area (Å²) in [6.07, 6.45) is 9.85. The Hall–Kier alpha value is -0.180. The third-order valence-electron chi connectivity index (χ3n) is 2.56. The van der Waals surface area contributed by atoms with Gasteiger partial charge in [0.15, 0.2) is 0 Å². The van der Waals surface area contributed by atoms with Crippen LogP contribution in [0.5, 0.6) is 0 Å². The third kappa shape index (κ3) is 4.89. The molecule has 0 aliphatic carbocycles. The lowest BCUT2D eigenvalue weighted by atomic mass is 10.2. The van der Waals surface area contributed by atoms with E-state index in [-0.39, 0.29) is 17.0 Å². The van der Waals surface area contributed by atoms with Gasteiger partial charge in [-0.25, -0.2) is 0 Å². The van der Waals surface area contributed by atoms with E-state index in [1.807, 2.05) is 0 Å². The highest BCUT2D eigenvalue weighted by Crippen LogP contribution is 2.08.